The van der Waals surface area contributed by atoms with E-state index in [1.165, 1.54) is 0 Å². The zero-order chi connectivity index (χ0) is 5.58. The molecule has 0 aromatic carbocycles. The first-order valence-corrected chi connectivity index (χ1v) is 2.81. The summed E-state index contributed by atoms with van der Waals surface area (Å²) < 4.78 is 4.47. The first-order chi connectivity index (χ1) is 2.73. The van der Waals surface area contributed by atoms with E-state index in [0.29, 0.717) is 0 Å². The largest absolute Gasteiger partial charge is 0.312 e. The lowest BCUT2D eigenvalue weighted by Crippen LogP contribution is -1.99. The highest BCUT2D eigenvalue weighted by Crippen LogP contribution is 1.47. The normalized spacial score (nSPS) is 7.00. The Kier molecular flexibility index (Phi) is 15.0. The summed E-state index contributed by atoms with van der Waals surface area (Å²) in [5, 5.41) is 0. The first kappa shape index (κ1) is 9.82. The van der Waals surface area contributed by atoms with Gasteiger partial charge in [0.1, 0.15) is 0 Å². The second-order valence-corrected chi connectivity index (χ2v) is 1.34. The van der Waals surface area contributed by atoms with Crippen LogP contribution in [0.15, 0.2) is 0 Å². The van der Waals surface area contributed by atoms with Gasteiger partial charge >= 0.3 is 0 Å². The molecule has 40 valence electrons. The summed E-state index contributed by atoms with van der Waals surface area (Å²) in [7, 11) is 6.00. The Balaban J connectivity index is 0. The van der Waals surface area contributed by atoms with Crippen molar-refractivity contribution in [2.45, 2.75) is 0 Å². The zero-order valence-electron chi connectivity index (χ0n) is 4.40. The maximum absolute atomic E-state index is 4.47. The van der Waals surface area contributed by atoms with Crippen LogP contribution in [0.5, 0.6) is 0 Å². The van der Waals surface area contributed by atoms with Gasteiger partial charge in [-0.25, -0.2) is 0 Å². The highest BCUT2D eigenvalue weighted by Gasteiger charge is 1.58. The molecule has 0 aromatic rings. The third kappa shape index (κ3) is 147. The van der Waals surface area contributed by atoms with Crippen LogP contribution in [0.1, 0.15) is 0 Å². The molecule has 0 spiro atoms. The Bertz CT molecular complexity index is 13.5. The molecule has 0 aliphatic rings. The van der Waals surface area contributed by atoms with E-state index in [1.807, 2.05) is 26.0 Å². The Morgan fingerprint density at radius 2 is 1.17 bits per heavy atom. The smallest absolute Gasteiger partial charge is 0.0137 e. The second-order valence-electron chi connectivity index (χ2n) is 1.34. The number of nitrogens with two attached hydrogens (primary N) is 1. The predicted octanol–water partition coefficient (Wildman–Crippen LogP) is 0.473. The fourth-order valence-electron chi connectivity index (χ4n) is 0. The molecule has 0 atom stereocenters. The van der Waals surface area contributed by atoms with Crippen molar-refractivity contribution in [3.63, 3.8) is 0 Å². The monoisotopic (exact) mass is 202 g/mol. The Morgan fingerprint density at radius 3 is 1.17 bits per heavy atom. The lowest BCUT2D eigenvalue weighted by Gasteiger charge is -1.90. The van der Waals surface area contributed by atoms with Crippen LogP contribution in [0.2, 0.25) is 0 Å². The maximum Gasteiger partial charge on any atom is 0.0137 e. The molecule has 0 aliphatic heterocycles. The molecule has 0 fully saturated rings. The van der Waals surface area contributed by atoms with Crippen molar-refractivity contribution in [2.75, 3.05) is 21.1 Å². The van der Waals surface area contributed by atoms with Gasteiger partial charge in [-0.15, -0.1) is 0 Å². The molecule has 0 rings (SSSR count). The van der Waals surface area contributed by atoms with E-state index in [4.69, 9.17) is 0 Å². The van der Waals surface area contributed by atoms with Gasteiger partial charge in [-0.2, -0.15) is 0 Å². The molecular formula is C3H11IN2. The van der Waals surface area contributed by atoms with E-state index in [0.717, 1.165) is 0 Å². The lowest BCUT2D eigenvalue weighted by molar-refractivity contribution is 0.505. The van der Waals surface area contributed by atoms with Crippen LogP contribution >= 0.6 is 22.9 Å². The van der Waals surface area contributed by atoms with Crippen molar-refractivity contribution in [2.24, 2.45) is 3.95 Å². The van der Waals surface area contributed by atoms with Gasteiger partial charge < -0.3 is 4.90 Å². The molecule has 2 N–H and O–H groups in total. The molecule has 0 aromatic heterocycles. The fraction of sp³-hybridized carbons (Fsp3) is 1.00. The zero-order valence-corrected chi connectivity index (χ0v) is 6.56. The van der Waals surface area contributed by atoms with Crippen LogP contribution in [-0.2, 0) is 0 Å². The number of hydrogen-bond donors (Lipinski definition) is 1. The minimum atomic E-state index is 1.65. The maximum atomic E-state index is 4.47. The van der Waals surface area contributed by atoms with Gasteiger partial charge in [-0.05, 0) is 21.1 Å². The van der Waals surface area contributed by atoms with Crippen molar-refractivity contribution in [3.8, 4) is 0 Å². The van der Waals surface area contributed by atoms with Gasteiger partial charge in [0.2, 0.25) is 0 Å². The Morgan fingerprint density at radius 1 is 1.17 bits per heavy atom. The SMILES string of the molecule is CN(C)C.NI. The van der Waals surface area contributed by atoms with Crippen LogP contribution in [0.25, 0.3) is 0 Å². The van der Waals surface area contributed by atoms with Gasteiger partial charge in [-0.3, -0.25) is 3.95 Å². The van der Waals surface area contributed by atoms with E-state index in [2.05, 4.69) is 3.95 Å². The van der Waals surface area contributed by atoms with Crippen LogP contribution in [-0.4, -0.2) is 26.0 Å². The summed E-state index contributed by atoms with van der Waals surface area (Å²) in [4.78, 5) is 2.00. The average Bonchev–Trinajstić information content (AvgIpc) is 1.41. The minimum absolute atomic E-state index is 1.65. The number of nitrogens with zero attached hydrogens (tertiary/aromatic N) is 1. The molecular weight excluding hydrogens is 191 g/mol. The van der Waals surface area contributed by atoms with Gasteiger partial charge in [0.05, 0.1) is 0 Å². The molecule has 0 amide bonds. The second kappa shape index (κ2) is 9.17. The molecule has 6 heavy (non-hydrogen) atoms. The Labute approximate surface area is 53.2 Å². The molecule has 0 radical (unpaired) electrons. The quantitative estimate of drug-likeness (QED) is 0.457. The van der Waals surface area contributed by atoms with Crippen LogP contribution in [0.4, 0.5) is 0 Å². The van der Waals surface area contributed by atoms with E-state index >= 15 is 0 Å². The molecule has 0 bridgehead atoms. The van der Waals surface area contributed by atoms with Crippen molar-refractivity contribution in [1.82, 2.24) is 4.90 Å². The van der Waals surface area contributed by atoms with Gasteiger partial charge in [0.25, 0.3) is 0 Å². The molecule has 0 saturated carbocycles. The van der Waals surface area contributed by atoms with Gasteiger partial charge in [0.15, 0.2) is 0 Å². The first-order valence-electron chi connectivity index (χ1n) is 1.56. The molecule has 0 heterocycles. The lowest BCUT2D eigenvalue weighted by atomic mass is 11.0. The van der Waals surface area contributed by atoms with Crippen LogP contribution in [0, 0.1) is 0 Å². The predicted molar refractivity (Wildman–Crippen MR) is 37.8 cm³/mol. The van der Waals surface area contributed by atoms with E-state index in [1.54, 1.807) is 22.9 Å². The van der Waals surface area contributed by atoms with Crippen LogP contribution in [0.3, 0.4) is 0 Å². The summed E-state index contributed by atoms with van der Waals surface area (Å²) in [6.07, 6.45) is 0. The number of halogens is 1. The third-order valence-electron chi connectivity index (χ3n) is 0. The Hall–Kier alpha value is 0.650. The van der Waals surface area contributed by atoms with Crippen LogP contribution < -0.4 is 3.95 Å². The van der Waals surface area contributed by atoms with Crippen molar-refractivity contribution in [1.29, 1.82) is 0 Å². The number of rotatable bonds is 0. The van der Waals surface area contributed by atoms with E-state index < -0.39 is 0 Å². The molecule has 3 heteroatoms. The summed E-state index contributed by atoms with van der Waals surface area (Å²) in [5.41, 5.74) is 0. The van der Waals surface area contributed by atoms with Crippen molar-refractivity contribution >= 4 is 22.9 Å². The highest BCUT2D eigenvalue weighted by molar-refractivity contribution is 14.1. The number of hydrogen-bond acceptors (Lipinski definition) is 2. The summed E-state index contributed by atoms with van der Waals surface area (Å²) in [5.74, 6) is 0. The fourth-order valence-corrected chi connectivity index (χ4v) is 0. The standard InChI is InChI=1S/C3H9N.H2IN/c1-4(2)3;1-2/h1-3H3;2H2. The molecule has 0 unspecified atom stereocenters. The third-order valence-corrected chi connectivity index (χ3v) is 0. The van der Waals surface area contributed by atoms with Crippen molar-refractivity contribution in [3.05, 3.63) is 0 Å². The van der Waals surface area contributed by atoms with E-state index in [9.17, 15) is 0 Å². The summed E-state index contributed by atoms with van der Waals surface area (Å²) in [6, 6.07) is 0. The van der Waals surface area contributed by atoms with Crippen molar-refractivity contribution < 1.29 is 0 Å². The van der Waals surface area contributed by atoms with Gasteiger partial charge in [-0.1, -0.05) is 0 Å². The average molecular weight is 202 g/mol. The highest BCUT2D eigenvalue weighted by atomic mass is 127. The molecule has 0 aliphatic carbocycles. The topological polar surface area (TPSA) is 29.3 Å². The molecule has 2 nitrogen and oxygen atoms in total. The molecule has 0 saturated heterocycles. The minimum Gasteiger partial charge on any atom is -0.312 e. The van der Waals surface area contributed by atoms with E-state index in [-0.39, 0.29) is 0 Å². The summed E-state index contributed by atoms with van der Waals surface area (Å²) in [6.45, 7) is 0. The van der Waals surface area contributed by atoms with Gasteiger partial charge in [0, 0.05) is 22.9 Å². The summed E-state index contributed by atoms with van der Waals surface area (Å²) >= 11 is 1.65.